The summed E-state index contributed by atoms with van der Waals surface area (Å²) in [7, 11) is 0. The summed E-state index contributed by atoms with van der Waals surface area (Å²) in [5.41, 5.74) is 1.86. The van der Waals surface area contributed by atoms with Gasteiger partial charge in [0.2, 0.25) is 5.43 Å². The van der Waals surface area contributed by atoms with Gasteiger partial charge in [-0.3, -0.25) is 14.4 Å². The zero-order valence-corrected chi connectivity index (χ0v) is 13.8. The lowest BCUT2D eigenvalue weighted by Crippen LogP contribution is -2.47. The van der Waals surface area contributed by atoms with E-state index in [-0.39, 0.29) is 11.2 Å². The number of hydrogen-bond donors (Lipinski definition) is 0. The van der Waals surface area contributed by atoms with Gasteiger partial charge in [-0.2, -0.15) is 5.10 Å². The fraction of sp³-hybridized carbons (Fsp3) is 0.263. The Bertz CT molecular complexity index is 930. The van der Waals surface area contributed by atoms with Gasteiger partial charge < -0.3 is 4.90 Å². The minimum Gasteiger partial charge on any atom is -0.369 e. The maximum absolute atomic E-state index is 13.1. The molecule has 25 heavy (non-hydrogen) atoms. The topological polar surface area (TPSA) is 41.4 Å². The van der Waals surface area contributed by atoms with Gasteiger partial charge in [0.25, 0.3) is 0 Å². The molecule has 6 heteroatoms. The number of hydrogen-bond acceptors (Lipinski definition) is 4. The van der Waals surface area contributed by atoms with Crippen molar-refractivity contribution in [1.82, 2.24) is 14.7 Å². The second-order valence-corrected chi connectivity index (χ2v) is 6.25. The van der Waals surface area contributed by atoms with Crippen molar-refractivity contribution in [1.29, 1.82) is 0 Å². The third-order valence-corrected chi connectivity index (χ3v) is 4.66. The van der Waals surface area contributed by atoms with Crippen LogP contribution in [0, 0.1) is 5.82 Å². The highest BCUT2D eigenvalue weighted by Crippen LogP contribution is 2.17. The number of para-hydroxylation sites is 1. The summed E-state index contributed by atoms with van der Waals surface area (Å²) in [5, 5.41) is 4.99. The molecule has 0 aliphatic carbocycles. The maximum Gasteiger partial charge on any atom is 0.207 e. The molecule has 1 fully saturated rings. The molecule has 1 saturated heterocycles. The molecule has 0 saturated carbocycles. The standard InChI is InChI=1S/C19H19FN4O/c20-15-5-7-16(8-6-15)23-11-9-22(10-12-23)14-24-18-4-2-1-3-17(18)19(25)13-21-24/h1-8,13H,9-12,14H2. The molecule has 3 aromatic rings. The van der Waals surface area contributed by atoms with Gasteiger partial charge in [0.05, 0.1) is 18.4 Å². The van der Waals surface area contributed by atoms with Crippen molar-refractivity contribution in [2.24, 2.45) is 0 Å². The van der Waals surface area contributed by atoms with Crippen LogP contribution in [0.4, 0.5) is 10.1 Å². The second kappa shape index (κ2) is 6.64. The summed E-state index contributed by atoms with van der Waals surface area (Å²) >= 11 is 0. The van der Waals surface area contributed by atoms with E-state index < -0.39 is 0 Å². The van der Waals surface area contributed by atoms with Crippen LogP contribution in [0.1, 0.15) is 0 Å². The number of aromatic nitrogens is 2. The molecule has 1 aliphatic rings. The van der Waals surface area contributed by atoms with E-state index in [4.69, 9.17) is 0 Å². The number of fused-ring (bicyclic) bond motifs is 1. The molecular weight excluding hydrogens is 319 g/mol. The number of halogens is 1. The number of rotatable bonds is 3. The molecule has 0 unspecified atom stereocenters. The molecular formula is C19H19FN4O. The Labute approximate surface area is 144 Å². The molecule has 0 N–H and O–H groups in total. The van der Waals surface area contributed by atoms with Gasteiger partial charge in [0.15, 0.2) is 0 Å². The lowest BCUT2D eigenvalue weighted by atomic mass is 10.2. The van der Waals surface area contributed by atoms with Gasteiger partial charge in [0.1, 0.15) is 5.82 Å². The zero-order valence-electron chi connectivity index (χ0n) is 13.8. The molecule has 0 spiro atoms. The van der Waals surface area contributed by atoms with Crippen LogP contribution in [0.15, 0.2) is 59.5 Å². The molecule has 2 heterocycles. The summed E-state index contributed by atoms with van der Waals surface area (Å²) in [6, 6.07) is 14.2. The van der Waals surface area contributed by atoms with Gasteiger partial charge in [-0.1, -0.05) is 12.1 Å². The monoisotopic (exact) mass is 338 g/mol. The van der Waals surface area contributed by atoms with Crippen molar-refractivity contribution in [3.63, 3.8) is 0 Å². The first kappa shape index (κ1) is 15.8. The van der Waals surface area contributed by atoms with Crippen molar-refractivity contribution in [2.75, 3.05) is 31.1 Å². The molecule has 4 rings (SSSR count). The maximum atomic E-state index is 13.1. The van der Waals surface area contributed by atoms with Gasteiger partial charge in [-0.25, -0.2) is 4.39 Å². The van der Waals surface area contributed by atoms with Gasteiger partial charge in [-0.05, 0) is 36.4 Å². The fourth-order valence-corrected chi connectivity index (χ4v) is 3.26. The van der Waals surface area contributed by atoms with Crippen LogP contribution >= 0.6 is 0 Å². The van der Waals surface area contributed by atoms with E-state index in [9.17, 15) is 9.18 Å². The quantitative estimate of drug-likeness (QED) is 0.735. The highest BCUT2D eigenvalue weighted by molar-refractivity contribution is 5.77. The molecule has 1 aliphatic heterocycles. The molecule has 0 bridgehead atoms. The predicted molar refractivity (Wildman–Crippen MR) is 96.2 cm³/mol. The first-order valence-electron chi connectivity index (χ1n) is 8.38. The van der Waals surface area contributed by atoms with Crippen LogP contribution in [0.3, 0.4) is 0 Å². The van der Waals surface area contributed by atoms with E-state index in [1.807, 2.05) is 41.1 Å². The zero-order chi connectivity index (χ0) is 17.2. The molecule has 0 atom stereocenters. The highest BCUT2D eigenvalue weighted by atomic mass is 19.1. The van der Waals surface area contributed by atoms with E-state index in [1.54, 1.807) is 0 Å². The van der Waals surface area contributed by atoms with E-state index in [1.165, 1.54) is 18.3 Å². The van der Waals surface area contributed by atoms with E-state index >= 15 is 0 Å². The van der Waals surface area contributed by atoms with Crippen molar-refractivity contribution in [3.05, 3.63) is 70.8 Å². The first-order valence-corrected chi connectivity index (χ1v) is 8.38. The number of anilines is 1. The van der Waals surface area contributed by atoms with Gasteiger partial charge in [0, 0.05) is 37.3 Å². The fourth-order valence-electron chi connectivity index (χ4n) is 3.26. The summed E-state index contributed by atoms with van der Waals surface area (Å²) in [5.74, 6) is -0.210. The Morgan fingerprint density at radius 3 is 2.44 bits per heavy atom. The predicted octanol–water partition coefficient (Wildman–Crippen LogP) is 2.32. The highest BCUT2D eigenvalue weighted by Gasteiger charge is 2.18. The molecule has 0 radical (unpaired) electrons. The molecule has 2 aromatic carbocycles. The third-order valence-electron chi connectivity index (χ3n) is 4.66. The Balaban J connectivity index is 1.46. The third kappa shape index (κ3) is 3.25. The Hall–Kier alpha value is -2.73. The minimum atomic E-state index is -0.210. The summed E-state index contributed by atoms with van der Waals surface area (Å²) in [6.07, 6.45) is 1.39. The average Bonchev–Trinajstić information content (AvgIpc) is 2.66. The summed E-state index contributed by atoms with van der Waals surface area (Å²) < 4.78 is 14.9. The Morgan fingerprint density at radius 1 is 0.960 bits per heavy atom. The summed E-state index contributed by atoms with van der Waals surface area (Å²) in [6.45, 7) is 4.19. The van der Waals surface area contributed by atoms with Crippen LogP contribution in [0.2, 0.25) is 0 Å². The second-order valence-electron chi connectivity index (χ2n) is 6.25. The van der Waals surface area contributed by atoms with E-state index in [0.29, 0.717) is 12.1 Å². The van der Waals surface area contributed by atoms with Crippen molar-refractivity contribution < 1.29 is 4.39 Å². The number of piperazine rings is 1. The minimum absolute atomic E-state index is 0.0482. The number of benzene rings is 2. The lowest BCUT2D eigenvalue weighted by molar-refractivity contribution is 0.198. The summed E-state index contributed by atoms with van der Waals surface area (Å²) in [4.78, 5) is 16.5. The largest absolute Gasteiger partial charge is 0.369 e. The Morgan fingerprint density at radius 2 is 1.68 bits per heavy atom. The normalized spacial score (nSPS) is 15.6. The smallest absolute Gasteiger partial charge is 0.207 e. The SMILES string of the molecule is O=c1cnn(CN2CCN(c3ccc(F)cc3)CC2)c2ccccc12. The van der Waals surface area contributed by atoms with Crippen LogP contribution in [-0.4, -0.2) is 40.9 Å². The number of nitrogens with zero attached hydrogens (tertiary/aromatic N) is 4. The first-order chi connectivity index (χ1) is 12.2. The molecule has 0 amide bonds. The van der Waals surface area contributed by atoms with Crippen molar-refractivity contribution >= 4 is 16.6 Å². The van der Waals surface area contributed by atoms with E-state index in [0.717, 1.165) is 37.4 Å². The Kier molecular flexibility index (Phi) is 4.19. The van der Waals surface area contributed by atoms with Gasteiger partial charge in [-0.15, -0.1) is 0 Å². The van der Waals surface area contributed by atoms with Crippen LogP contribution in [0.5, 0.6) is 0 Å². The van der Waals surface area contributed by atoms with Gasteiger partial charge >= 0.3 is 0 Å². The molecule has 5 nitrogen and oxygen atoms in total. The van der Waals surface area contributed by atoms with Crippen molar-refractivity contribution in [2.45, 2.75) is 6.67 Å². The lowest BCUT2D eigenvalue weighted by Gasteiger charge is -2.36. The van der Waals surface area contributed by atoms with E-state index in [2.05, 4.69) is 14.9 Å². The molecule has 1 aromatic heterocycles. The van der Waals surface area contributed by atoms with Crippen molar-refractivity contribution in [3.8, 4) is 0 Å². The van der Waals surface area contributed by atoms with Crippen LogP contribution in [-0.2, 0) is 6.67 Å². The average molecular weight is 338 g/mol. The van der Waals surface area contributed by atoms with Crippen LogP contribution < -0.4 is 10.3 Å². The van der Waals surface area contributed by atoms with Crippen LogP contribution in [0.25, 0.3) is 10.9 Å². The molecule has 128 valence electrons.